The molecule has 0 radical (unpaired) electrons. The molecule has 1 aliphatic carbocycles. The van der Waals surface area contributed by atoms with Gasteiger partial charge in [0.2, 0.25) is 0 Å². The molecule has 0 spiro atoms. The topological polar surface area (TPSA) is 17.1 Å². The molecule has 0 heterocycles. The van der Waals surface area contributed by atoms with Crippen molar-refractivity contribution in [3.8, 4) is 0 Å². The predicted octanol–water partition coefficient (Wildman–Crippen LogP) is 5.58. The maximum Gasteiger partial charge on any atom is 0.173 e. The van der Waals surface area contributed by atoms with Crippen LogP contribution in [0.5, 0.6) is 0 Å². The van der Waals surface area contributed by atoms with Crippen LogP contribution in [0.25, 0.3) is 0 Å². The minimum Gasteiger partial charge on any atom is -0.293 e. The molecule has 3 rings (SSSR count). The molecular formula is C18H17ClOS. The Kier molecular flexibility index (Phi) is 4.67. The molecule has 1 saturated carbocycles. The second-order valence-electron chi connectivity index (χ2n) is 5.40. The summed E-state index contributed by atoms with van der Waals surface area (Å²) in [6.45, 7) is 0. The van der Waals surface area contributed by atoms with Crippen LogP contribution in [0.3, 0.4) is 0 Å². The lowest BCUT2D eigenvalue weighted by Crippen LogP contribution is -2.10. The van der Waals surface area contributed by atoms with Crippen molar-refractivity contribution in [3.63, 3.8) is 0 Å². The van der Waals surface area contributed by atoms with Crippen LogP contribution in [0.15, 0.2) is 53.4 Å². The smallest absolute Gasteiger partial charge is 0.173 e. The lowest BCUT2D eigenvalue weighted by molar-refractivity contribution is 0.102. The normalized spacial score (nSPS) is 14.7. The van der Waals surface area contributed by atoms with Crippen LogP contribution in [0.4, 0.5) is 0 Å². The molecule has 0 saturated heterocycles. The summed E-state index contributed by atoms with van der Waals surface area (Å²) in [6, 6.07) is 15.8. The number of hydrogen-bond donors (Lipinski definition) is 0. The van der Waals surface area contributed by atoms with Gasteiger partial charge in [0.05, 0.1) is 10.8 Å². The average molecular weight is 317 g/mol. The standard InChI is InChI=1S/C18H17ClOS/c19-16-9-1-2-10-18(16)21-12-17(20)15-8-4-7-14(11-15)13-5-3-6-13/h1-2,4,7-11,13H,3,5-6,12H2. The summed E-state index contributed by atoms with van der Waals surface area (Å²) in [5.74, 6) is 1.26. The van der Waals surface area contributed by atoms with E-state index in [2.05, 4.69) is 12.1 Å². The highest BCUT2D eigenvalue weighted by atomic mass is 35.5. The minimum atomic E-state index is 0.168. The van der Waals surface area contributed by atoms with Crippen molar-refractivity contribution in [3.05, 3.63) is 64.7 Å². The van der Waals surface area contributed by atoms with E-state index in [4.69, 9.17) is 11.6 Å². The maximum atomic E-state index is 12.3. The van der Waals surface area contributed by atoms with E-state index in [9.17, 15) is 4.79 Å². The number of thioether (sulfide) groups is 1. The Morgan fingerprint density at radius 2 is 1.95 bits per heavy atom. The summed E-state index contributed by atoms with van der Waals surface area (Å²) >= 11 is 7.62. The number of Topliss-reactive ketones (excluding diaryl/α,β-unsaturated/α-hetero) is 1. The Morgan fingerprint density at radius 3 is 2.67 bits per heavy atom. The summed E-state index contributed by atoms with van der Waals surface area (Å²) in [4.78, 5) is 13.3. The molecule has 0 amide bonds. The van der Waals surface area contributed by atoms with Gasteiger partial charge in [0.15, 0.2) is 5.78 Å². The Labute approximate surface area is 134 Å². The number of carbonyl (C=O) groups is 1. The van der Waals surface area contributed by atoms with Gasteiger partial charge in [0.25, 0.3) is 0 Å². The Hall–Kier alpha value is -1.25. The van der Waals surface area contributed by atoms with Gasteiger partial charge in [-0.2, -0.15) is 0 Å². The third kappa shape index (κ3) is 3.50. The summed E-state index contributed by atoms with van der Waals surface area (Å²) in [5.41, 5.74) is 2.13. The highest BCUT2D eigenvalue weighted by Crippen LogP contribution is 2.36. The van der Waals surface area contributed by atoms with Crippen LogP contribution in [0, 0.1) is 0 Å². The molecule has 108 valence electrons. The fraction of sp³-hybridized carbons (Fsp3) is 0.278. The molecule has 1 aliphatic rings. The van der Waals surface area contributed by atoms with E-state index in [-0.39, 0.29) is 5.78 Å². The first-order valence-corrected chi connectivity index (χ1v) is 8.61. The molecule has 2 aromatic rings. The minimum absolute atomic E-state index is 0.168. The van der Waals surface area contributed by atoms with E-state index in [1.165, 1.54) is 36.6 Å². The van der Waals surface area contributed by atoms with Gasteiger partial charge in [-0.25, -0.2) is 0 Å². The second-order valence-corrected chi connectivity index (χ2v) is 6.82. The lowest BCUT2D eigenvalue weighted by atomic mass is 9.79. The first-order valence-electron chi connectivity index (χ1n) is 7.24. The predicted molar refractivity (Wildman–Crippen MR) is 89.5 cm³/mol. The summed E-state index contributed by atoms with van der Waals surface area (Å²) in [7, 11) is 0. The van der Waals surface area contributed by atoms with Gasteiger partial charge in [-0.05, 0) is 42.5 Å². The first-order chi connectivity index (χ1) is 10.2. The van der Waals surface area contributed by atoms with Gasteiger partial charge in [-0.1, -0.05) is 48.4 Å². The van der Waals surface area contributed by atoms with Gasteiger partial charge in [-0.15, -0.1) is 11.8 Å². The second kappa shape index (κ2) is 6.67. The molecule has 21 heavy (non-hydrogen) atoms. The maximum absolute atomic E-state index is 12.3. The lowest BCUT2D eigenvalue weighted by Gasteiger charge is -2.26. The highest BCUT2D eigenvalue weighted by Gasteiger charge is 2.20. The van der Waals surface area contributed by atoms with E-state index in [0.717, 1.165) is 10.5 Å². The van der Waals surface area contributed by atoms with E-state index in [1.807, 2.05) is 36.4 Å². The van der Waals surface area contributed by atoms with Crippen LogP contribution in [-0.2, 0) is 0 Å². The third-order valence-electron chi connectivity index (χ3n) is 3.98. The van der Waals surface area contributed by atoms with Crippen LogP contribution in [0.1, 0.15) is 41.1 Å². The van der Waals surface area contributed by atoms with Crippen molar-refractivity contribution in [2.24, 2.45) is 0 Å². The van der Waals surface area contributed by atoms with E-state index >= 15 is 0 Å². The van der Waals surface area contributed by atoms with Gasteiger partial charge in [0, 0.05) is 10.5 Å². The zero-order chi connectivity index (χ0) is 14.7. The fourth-order valence-corrected chi connectivity index (χ4v) is 3.63. The molecular weight excluding hydrogens is 300 g/mol. The van der Waals surface area contributed by atoms with Gasteiger partial charge < -0.3 is 0 Å². The van der Waals surface area contributed by atoms with Crippen molar-refractivity contribution in [2.45, 2.75) is 30.1 Å². The quantitative estimate of drug-likeness (QED) is 0.529. The number of ketones is 1. The van der Waals surface area contributed by atoms with Gasteiger partial charge >= 0.3 is 0 Å². The van der Waals surface area contributed by atoms with Crippen LogP contribution < -0.4 is 0 Å². The molecule has 0 N–H and O–H groups in total. The summed E-state index contributed by atoms with van der Waals surface area (Å²) in [5, 5.41) is 0.707. The van der Waals surface area contributed by atoms with Crippen LogP contribution in [-0.4, -0.2) is 11.5 Å². The first kappa shape index (κ1) is 14.7. The highest BCUT2D eigenvalue weighted by molar-refractivity contribution is 8.00. The van der Waals surface area contributed by atoms with Crippen molar-refractivity contribution in [1.29, 1.82) is 0 Å². The molecule has 0 aromatic heterocycles. The van der Waals surface area contributed by atoms with Gasteiger partial charge in [0.1, 0.15) is 0 Å². The van der Waals surface area contributed by atoms with Crippen molar-refractivity contribution in [1.82, 2.24) is 0 Å². The number of halogens is 1. The number of rotatable bonds is 5. The van der Waals surface area contributed by atoms with Crippen molar-refractivity contribution in [2.75, 3.05) is 5.75 Å². The Morgan fingerprint density at radius 1 is 1.14 bits per heavy atom. The number of benzene rings is 2. The molecule has 3 heteroatoms. The molecule has 0 bridgehead atoms. The van der Waals surface area contributed by atoms with E-state index < -0.39 is 0 Å². The molecule has 1 nitrogen and oxygen atoms in total. The monoisotopic (exact) mass is 316 g/mol. The van der Waals surface area contributed by atoms with Crippen molar-refractivity contribution >= 4 is 29.1 Å². The molecule has 0 unspecified atom stereocenters. The largest absolute Gasteiger partial charge is 0.293 e. The third-order valence-corrected chi connectivity index (χ3v) is 5.50. The van der Waals surface area contributed by atoms with Crippen molar-refractivity contribution < 1.29 is 4.79 Å². The molecule has 2 aromatic carbocycles. The molecule has 1 fully saturated rings. The van der Waals surface area contributed by atoms with Crippen LogP contribution >= 0.6 is 23.4 Å². The summed E-state index contributed by atoms with van der Waals surface area (Å²) in [6.07, 6.45) is 3.82. The fourth-order valence-electron chi connectivity index (χ4n) is 2.50. The Balaban J connectivity index is 1.66. The van der Waals surface area contributed by atoms with Gasteiger partial charge in [-0.3, -0.25) is 4.79 Å². The number of carbonyl (C=O) groups excluding carboxylic acids is 1. The average Bonchev–Trinajstić information content (AvgIpc) is 2.45. The van der Waals surface area contributed by atoms with E-state index in [1.54, 1.807) is 0 Å². The molecule has 0 aliphatic heterocycles. The summed E-state index contributed by atoms with van der Waals surface area (Å²) < 4.78 is 0. The SMILES string of the molecule is O=C(CSc1ccccc1Cl)c1cccc(C2CCC2)c1. The molecule has 0 atom stereocenters. The number of hydrogen-bond acceptors (Lipinski definition) is 2. The van der Waals surface area contributed by atoms with E-state index in [0.29, 0.717) is 16.7 Å². The zero-order valence-corrected chi connectivity index (χ0v) is 13.3. The van der Waals surface area contributed by atoms with Crippen LogP contribution in [0.2, 0.25) is 5.02 Å². The Bertz CT molecular complexity index is 649. The zero-order valence-electron chi connectivity index (χ0n) is 11.7.